The summed E-state index contributed by atoms with van der Waals surface area (Å²) in [5.74, 6) is 0.376. The number of ether oxygens (including phenoxy) is 1. The van der Waals surface area contributed by atoms with Crippen LogP contribution in [0.15, 0.2) is 66.7 Å². The maximum Gasteiger partial charge on any atom is 0.209 e. The third-order valence-electron chi connectivity index (χ3n) is 4.69. The zero-order valence-corrected chi connectivity index (χ0v) is 14.8. The van der Waals surface area contributed by atoms with Crippen molar-refractivity contribution in [3.63, 3.8) is 0 Å². The minimum atomic E-state index is -0.201. The topological polar surface area (TPSA) is 73.8 Å². The fraction of sp³-hybridized carbons (Fsp3) is 0.0909. The lowest BCUT2D eigenvalue weighted by molar-refractivity contribution is 0.100. The van der Waals surface area contributed by atoms with Gasteiger partial charge in [-0.25, -0.2) is 0 Å². The Morgan fingerprint density at radius 1 is 0.963 bits per heavy atom. The number of fused-ring (bicyclic) bond motifs is 3. The average molecular weight is 358 g/mol. The van der Waals surface area contributed by atoms with Crippen LogP contribution in [-0.4, -0.2) is 29.6 Å². The molecule has 0 aliphatic rings. The molecule has 2 aromatic heterocycles. The Bertz CT molecular complexity index is 1180. The molecule has 0 aliphatic carbocycles. The first kappa shape index (κ1) is 17.0. The number of Topliss-reactive ketones (excluding diaryl/α,β-unsaturated/α-hetero) is 1. The van der Waals surface area contributed by atoms with Gasteiger partial charge < -0.3 is 14.9 Å². The molecule has 0 fully saturated rings. The third-order valence-corrected chi connectivity index (χ3v) is 4.69. The number of nitrogens with two attached hydrogens (primary N) is 1. The van der Waals surface area contributed by atoms with E-state index in [1.165, 1.54) is 0 Å². The maximum absolute atomic E-state index is 13.2. The van der Waals surface area contributed by atoms with Gasteiger partial charge in [-0.3, -0.25) is 9.59 Å². The summed E-state index contributed by atoms with van der Waals surface area (Å²) in [5.41, 5.74) is 8.52. The van der Waals surface area contributed by atoms with Crippen molar-refractivity contribution in [3.8, 4) is 5.75 Å². The zero-order chi connectivity index (χ0) is 19.0. The Morgan fingerprint density at radius 3 is 2.41 bits per heavy atom. The van der Waals surface area contributed by atoms with Crippen molar-refractivity contribution in [1.29, 1.82) is 0 Å². The summed E-state index contributed by atoms with van der Waals surface area (Å²) in [5, 5.41) is 0.909. The second-order valence-electron chi connectivity index (χ2n) is 6.24. The van der Waals surface area contributed by atoms with Crippen molar-refractivity contribution in [1.82, 2.24) is 4.40 Å². The lowest BCUT2D eigenvalue weighted by Gasteiger charge is -2.09. The van der Waals surface area contributed by atoms with E-state index in [1.807, 2.05) is 52.9 Å². The molecule has 0 radical (unpaired) electrons. The van der Waals surface area contributed by atoms with Crippen LogP contribution in [0.4, 0.5) is 0 Å². The SMILES string of the molecule is COc1ccc2c(ccc3c(C(=O)CN)cc(C(=O)c4ccccc4)n32)c1. The van der Waals surface area contributed by atoms with E-state index in [0.717, 1.165) is 16.7 Å². The minimum Gasteiger partial charge on any atom is -0.497 e. The highest BCUT2D eigenvalue weighted by molar-refractivity contribution is 6.13. The van der Waals surface area contributed by atoms with Crippen LogP contribution >= 0.6 is 0 Å². The van der Waals surface area contributed by atoms with Crippen molar-refractivity contribution in [2.45, 2.75) is 0 Å². The van der Waals surface area contributed by atoms with Gasteiger partial charge in [0.1, 0.15) is 5.75 Å². The highest BCUT2D eigenvalue weighted by Crippen LogP contribution is 2.28. The molecule has 0 saturated heterocycles. The van der Waals surface area contributed by atoms with Gasteiger partial charge in [0.2, 0.25) is 5.78 Å². The molecule has 0 bridgehead atoms. The number of carbonyl (C=O) groups excluding carboxylic acids is 2. The van der Waals surface area contributed by atoms with Gasteiger partial charge >= 0.3 is 0 Å². The van der Waals surface area contributed by atoms with Crippen LogP contribution in [0.2, 0.25) is 0 Å². The summed E-state index contributed by atoms with van der Waals surface area (Å²) in [6.45, 7) is -0.112. The predicted octanol–water partition coefficient (Wildman–Crippen LogP) is 3.47. The van der Waals surface area contributed by atoms with E-state index in [2.05, 4.69) is 0 Å². The zero-order valence-electron chi connectivity index (χ0n) is 14.8. The quantitative estimate of drug-likeness (QED) is 0.554. The van der Waals surface area contributed by atoms with Gasteiger partial charge in [-0.2, -0.15) is 0 Å². The summed E-state index contributed by atoms with van der Waals surface area (Å²) in [4.78, 5) is 25.5. The van der Waals surface area contributed by atoms with Gasteiger partial charge in [0.05, 0.1) is 30.4 Å². The first-order valence-electron chi connectivity index (χ1n) is 8.59. The molecule has 0 aliphatic heterocycles. The van der Waals surface area contributed by atoms with Crippen molar-refractivity contribution in [3.05, 3.63) is 83.6 Å². The first-order valence-corrected chi connectivity index (χ1v) is 8.59. The Hall–Kier alpha value is -3.44. The monoisotopic (exact) mass is 358 g/mol. The molecule has 4 rings (SSSR count). The van der Waals surface area contributed by atoms with Crippen LogP contribution in [0.5, 0.6) is 5.75 Å². The number of hydrogen-bond acceptors (Lipinski definition) is 4. The molecule has 0 spiro atoms. The molecule has 2 aromatic carbocycles. The van der Waals surface area contributed by atoms with E-state index in [4.69, 9.17) is 10.5 Å². The number of methoxy groups -OCH3 is 1. The molecule has 0 unspecified atom stereocenters. The number of aromatic nitrogens is 1. The number of carbonyl (C=O) groups is 2. The molecule has 0 amide bonds. The maximum atomic E-state index is 13.2. The molecule has 0 atom stereocenters. The number of benzene rings is 2. The molecule has 5 heteroatoms. The predicted molar refractivity (Wildman–Crippen MR) is 105 cm³/mol. The second-order valence-corrected chi connectivity index (χ2v) is 6.24. The number of ketones is 2. The summed E-state index contributed by atoms with van der Waals surface area (Å²) in [6.07, 6.45) is 0. The number of hydrogen-bond donors (Lipinski definition) is 1. The lowest BCUT2D eigenvalue weighted by atomic mass is 10.1. The molecule has 0 saturated carbocycles. The average Bonchev–Trinajstić information content (AvgIpc) is 3.12. The molecule has 5 nitrogen and oxygen atoms in total. The molecule has 2 heterocycles. The highest BCUT2D eigenvalue weighted by atomic mass is 16.5. The Labute approximate surface area is 156 Å². The lowest BCUT2D eigenvalue weighted by Crippen LogP contribution is -2.13. The minimum absolute atomic E-state index is 0.112. The van der Waals surface area contributed by atoms with Gasteiger partial charge in [-0.05, 0) is 30.3 Å². The number of rotatable bonds is 5. The fourth-order valence-corrected chi connectivity index (χ4v) is 3.35. The summed E-state index contributed by atoms with van der Waals surface area (Å²) >= 11 is 0. The van der Waals surface area contributed by atoms with E-state index in [-0.39, 0.29) is 18.1 Å². The van der Waals surface area contributed by atoms with E-state index in [1.54, 1.807) is 25.3 Å². The Morgan fingerprint density at radius 2 is 1.70 bits per heavy atom. The van der Waals surface area contributed by atoms with E-state index in [0.29, 0.717) is 22.3 Å². The van der Waals surface area contributed by atoms with Crippen molar-refractivity contribution in [2.24, 2.45) is 5.73 Å². The van der Waals surface area contributed by atoms with Crippen LogP contribution in [-0.2, 0) is 0 Å². The van der Waals surface area contributed by atoms with E-state index in [9.17, 15) is 9.59 Å². The Balaban J connectivity index is 2.05. The molecule has 2 N–H and O–H groups in total. The van der Waals surface area contributed by atoms with Gasteiger partial charge in [-0.15, -0.1) is 0 Å². The number of pyridine rings is 1. The highest BCUT2D eigenvalue weighted by Gasteiger charge is 2.21. The van der Waals surface area contributed by atoms with Gasteiger partial charge in [-0.1, -0.05) is 36.4 Å². The van der Waals surface area contributed by atoms with E-state index < -0.39 is 0 Å². The van der Waals surface area contributed by atoms with E-state index >= 15 is 0 Å². The molecule has 134 valence electrons. The van der Waals surface area contributed by atoms with Gasteiger partial charge in [0.25, 0.3) is 0 Å². The third kappa shape index (κ3) is 2.78. The molecular formula is C22H18N2O3. The van der Waals surface area contributed by atoms with Crippen LogP contribution < -0.4 is 10.5 Å². The van der Waals surface area contributed by atoms with Crippen LogP contribution in [0, 0.1) is 0 Å². The van der Waals surface area contributed by atoms with Crippen molar-refractivity contribution >= 4 is 28.0 Å². The van der Waals surface area contributed by atoms with Crippen molar-refractivity contribution in [2.75, 3.05) is 13.7 Å². The summed E-state index contributed by atoms with van der Waals surface area (Å²) in [6, 6.07) is 20.0. The Kier molecular flexibility index (Phi) is 4.22. The first-order chi connectivity index (χ1) is 13.1. The standard InChI is InChI=1S/C22H18N2O3/c1-27-16-8-10-18-15(11-16)7-9-19-17(21(25)13-23)12-20(24(18)19)22(26)14-5-3-2-4-6-14/h2-12H,13,23H2,1H3. The molecular weight excluding hydrogens is 340 g/mol. The second kappa shape index (κ2) is 6.70. The molecule has 27 heavy (non-hydrogen) atoms. The van der Waals surface area contributed by atoms with Gasteiger partial charge in [0, 0.05) is 16.5 Å². The smallest absolute Gasteiger partial charge is 0.209 e. The summed E-state index contributed by atoms with van der Waals surface area (Å²) in [7, 11) is 1.61. The molecule has 4 aromatic rings. The fourth-order valence-electron chi connectivity index (χ4n) is 3.35. The largest absolute Gasteiger partial charge is 0.497 e. The van der Waals surface area contributed by atoms with Crippen molar-refractivity contribution < 1.29 is 14.3 Å². The van der Waals surface area contributed by atoms with Gasteiger partial charge in [0.15, 0.2) is 5.78 Å². The normalized spacial score (nSPS) is 11.0. The van der Waals surface area contributed by atoms with Crippen LogP contribution in [0.1, 0.15) is 26.4 Å². The number of nitrogens with zero attached hydrogens (tertiary/aromatic N) is 1. The van der Waals surface area contributed by atoms with Crippen LogP contribution in [0.25, 0.3) is 16.4 Å². The van der Waals surface area contributed by atoms with Crippen LogP contribution in [0.3, 0.4) is 0 Å². The summed E-state index contributed by atoms with van der Waals surface area (Å²) < 4.78 is 7.12.